The number of hydrogen-bond acceptors (Lipinski definition) is 2. The largest absolute Gasteiger partial charge is 0.312 e. The first-order chi connectivity index (χ1) is 6.58. The van der Waals surface area contributed by atoms with E-state index in [1.165, 1.54) is 39.0 Å². The summed E-state index contributed by atoms with van der Waals surface area (Å²) >= 11 is 0. The Morgan fingerprint density at radius 3 is 2.64 bits per heavy atom. The summed E-state index contributed by atoms with van der Waals surface area (Å²) in [6.07, 6.45) is 2.73. The molecule has 2 rings (SSSR count). The summed E-state index contributed by atoms with van der Waals surface area (Å²) in [5.41, 5.74) is 0.497. The van der Waals surface area contributed by atoms with Gasteiger partial charge in [-0.25, -0.2) is 0 Å². The lowest BCUT2D eigenvalue weighted by molar-refractivity contribution is 0.0594. The minimum atomic E-state index is 0.497. The van der Waals surface area contributed by atoms with Crippen LogP contribution >= 0.6 is 0 Å². The highest BCUT2D eigenvalue weighted by Gasteiger charge is 2.35. The molecule has 2 heterocycles. The molecule has 0 amide bonds. The molecule has 1 N–H and O–H groups in total. The van der Waals surface area contributed by atoms with E-state index in [4.69, 9.17) is 0 Å². The van der Waals surface area contributed by atoms with Crippen molar-refractivity contribution in [1.29, 1.82) is 0 Å². The molecule has 0 aromatic carbocycles. The molecule has 14 heavy (non-hydrogen) atoms. The predicted molar refractivity (Wildman–Crippen MR) is 60.4 cm³/mol. The van der Waals surface area contributed by atoms with E-state index >= 15 is 0 Å². The number of nitrogens with zero attached hydrogens (tertiary/aromatic N) is 1. The fraction of sp³-hybridized carbons (Fsp3) is 1.00. The van der Waals surface area contributed by atoms with Crippen LogP contribution in [0, 0.1) is 11.3 Å². The van der Waals surface area contributed by atoms with E-state index in [0.717, 1.165) is 5.92 Å². The first-order valence-electron chi connectivity index (χ1n) is 6.04. The van der Waals surface area contributed by atoms with Crippen molar-refractivity contribution in [3.8, 4) is 0 Å². The Morgan fingerprint density at radius 1 is 1.36 bits per heavy atom. The molecular formula is C12H24N2. The van der Waals surface area contributed by atoms with Crippen LogP contribution in [0.2, 0.25) is 0 Å². The van der Waals surface area contributed by atoms with Gasteiger partial charge in [0, 0.05) is 25.7 Å². The average molecular weight is 196 g/mol. The lowest BCUT2D eigenvalue weighted by atomic mass is 9.77. The zero-order chi connectivity index (χ0) is 10.2. The van der Waals surface area contributed by atoms with Crippen LogP contribution in [0.1, 0.15) is 33.6 Å². The third-order valence-corrected chi connectivity index (χ3v) is 3.91. The first kappa shape index (κ1) is 10.4. The van der Waals surface area contributed by atoms with Gasteiger partial charge in [0.2, 0.25) is 0 Å². The van der Waals surface area contributed by atoms with Gasteiger partial charge >= 0.3 is 0 Å². The Morgan fingerprint density at radius 2 is 2.07 bits per heavy atom. The minimum absolute atomic E-state index is 0.497. The summed E-state index contributed by atoms with van der Waals surface area (Å²) in [4.78, 5) is 2.59. The second-order valence-corrected chi connectivity index (χ2v) is 5.92. The molecule has 2 aliphatic rings. The third kappa shape index (κ3) is 2.12. The van der Waals surface area contributed by atoms with Crippen LogP contribution in [0.3, 0.4) is 0 Å². The van der Waals surface area contributed by atoms with Crippen molar-refractivity contribution in [1.82, 2.24) is 10.2 Å². The van der Waals surface area contributed by atoms with E-state index in [-0.39, 0.29) is 0 Å². The molecule has 2 nitrogen and oxygen atoms in total. The summed E-state index contributed by atoms with van der Waals surface area (Å²) in [7, 11) is 0. The third-order valence-electron chi connectivity index (χ3n) is 3.91. The van der Waals surface area contributed by atoms with E-state index in [1.54, 1.807) is 0 Å². The van der Waals surface area contributed by atoms with Gasteiger partial charge in [-0.05, 0) is 30.7 Å². The van der Waals surface area contributed by atoms with Crippen LogP contribution < -0.4 is 5.32 Å². The minimum Gasteiger partial charge on any atom is -0.312 e. The standard InChI is InChI=1S/C12H24N2/c1-10-7-14(8-10)9-11-12(2,3)5-4-6-13-11/h10-11,13H,4-9H2,1-3H3. The summed E-state index contributed by atoms with van der Waals surface area (Å²) in [6, 6.07) is 0.712. The Balaban J connectivity index is 1.83. The number of nitrogens with one attached hydrogen (secondary N) is 1. The van der Waals surface area contributed by atoms with Crippen LogP contribution in [0.4, 0.5) is 0 Å². The highest BCUT2D eigenvalue weighted by Crippen LogP contribution is 2.31. The second kappa shape index (κ2) is 3.82. The van der Waals surface area contributed by atoms with Crippen molar-refractivity contribution < 1.29 is 0 Å². The summed E-state index contributed by atoms with van der Waals surface area (Å²) in [5.74, 6) is 0.932. The first-order valence-corrected chi connectivity index (χ1v) is 6.04. The van der Waals surface area contributed by atoms with Gasteiger partial charge in [0.25, 0.3) is 0 Å². The topological polar surface area (TPSA) is 15.3 Å². The van der Waals surface area contributed by atoms with Crippen LogP contribution in [-0.2, 0) is 0 Å². The van der Waals surface area contributed by atoms with Crippen molar-refractivity contribution in [3.63, 3.8) is 0 Å². The van der Waals surface area contributed by atoms with Gasteiger partial charge in [-0.2, -0.15) is 0 Å². The Labute approximate surface area is 88.1 Å². The van der Waals surface area contributed by atoms with Gasteiger partial charge in [0.05, 0.1) is 0 Å². The molecule has 0 bridgehead atoms. The van der Waals surface area contributed by atoms with Crippen LogP contribution in [0.5, 0.6) is 0 Å². The highest BCUT2D eigenvalue weighted by atomic mass is 15.2. The van der Waals surface area contributed by atoms with E-state index in [9.17, 15) is 0 Å². The summed E-state index contributed by atoms with van der Waals surface area (Å²) < 4.78 is 0. The Kier molecular flexibility index (Phi) is 2.85. The molecule has 0 saturated carbocycles. The average Bonchev–Trinajstić information content (AvgIpc) is 2.05. The van der Waals surface area contributed by atoms with Gasteiger partial charge in [0.15, 0.2) is 0 Å². The van der Waals surface area contributed by atoms with Gasteiger partial charge in [-0.15, -0.1) is 0 Å². The van der Waals surface area contributed by atoms with E-state index in [1.807, 2.05) is 0 Å². The quantitative estimate of drug-likeness (QED) is 0.723. The summed E-state index contributed by atoms with van der Waals surface area (Å²) in [5, 5.41) is 3.68. The molecule has 0 aliphatic carbocycles. The molecule has 82 valence electrons. The lowest BCUT2D eigenvalue weighted by Crippen LogP contribution is -2.57. The molecule has 2 heteroatoms. The summed E-state index contributed by atoms with van der Waals surface area (Å²) in [6.45, 7) is 12.3. The number of likely N-dealkylation sites (tertiary alicyclic amines) is 1. The van der Waals surface area contributed by atoms with Gasteiger partial charge < -0.3 is 10.2 Å². The second-order valence-electron chi connectivity index (χ2n) is 5.92. The molecule has 2 aliphatic heterocycles. The zero-order valence-electron chi connectivity index (χ0n) is 9.84. The molecule has 0 aromatic heterocycles. The van der Waals surface area contributed by atoms with Gasteiger partial charge in [-0.3, -0.25) is 0 Å². The molecule has 2 fully saturated rings. The van der Waals surface area contributed by atoms with Crippen molar-refractivity contribution in [2.24, 2.45) is 11.3 Å². The van der Waals surface area contributed by atoms with Crippen LogP contribution in [0.25, 0.3) is 0 Å². The Hall–Kier alpha value is -0.0800. The van der Waals surface area contributed by atoms with E-state index < -0.39 is 0 Å². The highest BCUT2D eigenvalue weighted by molar-refractivity contribution is 4.92. The molecule has 0 spiro atoms. The Bertz CT molecular complexity index is 194. The van der Waals surface area contributed by atoms with Crippen molar-refractivity contribution >= 4 is 0 Å². The maximum absolute atomic E-state index is 3.68. The van der Waals surface area contributed by atoms with Crippen molar-refractivity contribution in [3.05, 3.63) is 0 Å². The predicted octanol–water partition coefficient (Wildman–Crippen LogP) is 1.72. The maximum Gasteiger partial charge on any atom is 0.0246 e. The molecular weight excluding hydrogens is 172 g/mol. The molecule has 1 atom stereocenters. The van der Waals surface area contributed by atoms with Gasteiger partial charge in [0.1, 0.15) is 0 Å². The molecule has 0 radical (unpaired) electrons. The SMILES string of the molecule is CC1CN(CC2NCCCC2(C)C)C1. The van der Waals surface area contributed by atoms with Crippen LogP contribution in [-0.4, -0.2) is 37.1 Å². The maximum atomic E-state index is 3.68. The van der Waals surface area contributed by atoms with Crippen LogP contribution in [0.15, 0.2) is 0 Å². The number of rotatable bonds is 2. The van der Waals surface area contributed by atoms with Crippen molar-refractivity contribution in [2.45, 2.75) is 39.7 Å². The lowest BCUT2D eigenvalue weighted by Gasteiger charge is -2.46. The van der Waals surface area contributed by atoms with E-state index in [2.05, 4.69) is 31.0 Å². The molecule has 1 unspecified atom stereocenters. The number of piperidine rings is 1. The monoisotopic (exact) mass is 196 g/mol. The molecule has 0 aromatic rings. The number of hydrogen-bond donors (Lipinski definition) is 1. The fourth-order valence-corrected chi connectivity index (χ4v) is 2.82. The van der Waals surface area contributed by atoms with Gasteiger partial charge in [-0.1, -0.05) is 20.8 Å². The normalized spacial score (nSPS) is 34.1. The smallest absolute Gasteiger partial charge is 0.0246 e. The fourth-order valence-electron chi connectivity index (χ4n) is 2.82. The van der Waals surface area contributed by atoms with E-state index in [0.29, 0.717) is 11.5 Å². The molecule has 2 saturated heterocycles. The van der Waals surface area contributed by atoms with Crippen molar-refractivity contribution in [2.75, 3.05) is 26.2 Å². The zero-order valence-corrected chi connectivity index (χ0v) is 9.84.